The number of hydrogen-bond donors (Lipinski definition) is 2. The summed E-state index contributed by atoms with van der Waals surface area (Å²) in [5.74, 6) is -1.99. The fraction of sp³-hybridized carbons (Fsp3) is 0.0833. The summed E-state index contributed by atoms with van der Waals surface area (Å²) in [6, 6.07) is 0. The number of aliphatic hydroxyl groups excluding tert-OH is 1. The van der Waals surface area contributed by atoms with Gasteiger partial charge in [-0.15, -0.1) is 0 Å². The third-order valence-corrected chi connectivity index (χ3v) is 2.95. The van der Waals surface area contributed by atoms with Crippen molar-refractivity contribution < 1.29 is 13.9 Å². The predicted molar refractivity (Wildman–Crippen MR) is 71.3 cm³/mol. The van der Waals surface area contributed by atoms with Crippen LogP contribution in [0.4, 0.5) is 13.8 Å². The average molecular weight is 270 g/mol. The highest BCUT2D eigenvalue weighted by molar-refractivity contribution is 7.16. The maximum Gasteiger partial charge on any atom is 0.139 e. The van der Waals surface area contributed by atoms with Gasteiger partial charge < -0.3 is 10.8 Å². The van der Waals surface area contributed by atoms with Crippen LogP contribution in [0.25, 0.3) is 11.3 Å². The van der Waals surface area contributed by atoms with Gasteiger partial charge in [0.1, 0.15) is 33.1 Å². The van der Waals surface area contributed by atoms with Gasteiger partial charge in [-0.2, -0.15) is 0 Å². The summed E-state index contributed by atoms with van der Waals surface area (Å²) < 4.78 is 27.2. The number of aromatic nitrogens is 1. The Morgan fingerprint density at radius 2 is 2.11 bits per heavy atom. The molecule has 0 aromatic carbocycles. The number of rotatable bonds is 4. The number of halogens is 2. The van der Waals surface area contributed by atoms with E-state index in [2.05, 4.69) is 18.1 Å². The molecule has 3 N–H and O–H groups in total. The van der Waals surface area contributed by atoms with Crippen LogP contribution >= 0.6 is 11.3 Å². The summed E-state index contributed by atoms with van der Waals surface area (Å²) in [6.07, 6.45) is 1.98. The highest BCUT2D eigenvalue weighted by Crippen LogP contribution is 2.35. The first-order valence-electron chi connectivity index (χ1n) is 4.91. The van der Waals surface area contributed by atoms with Crippen molar-refractivity contribution in [2.75, 3.05) is 5.73 Å². The van der Waals surface area contributed by atoms with E-state index in [1.807, 2.05) is 0 Å². The average Bonchev–Trinajstić information content (AvgIpc) is 2.70. The molecule has 1 rings (SSSR count). The lowest BCUT2D eigenvalue weighted by Gasteiger charge is -2.01. The molecule has 0 unspecified atom stereocenters. The Hall–Kier alpha value is -1.95. The van der Waals surface area contributed by atoms with E-state index < -0.39 is 11.7 Å². The summed E-state index contributed by atoms with van der Waals surface area (Å²) in [5, 5.41) is 9.38. The summed E-state index contributed by atoms with van der Waals surface area (Å²) in [7, 11) is 0. The molecule has 0 amide bonds. The Kier molecular flexibility index (Phi) is 4.38. The van der Waals surface area contributed by atoms with Gasteiger partial charge in [-0.1, -0.05) is 30.6 Å². The number of anilines is 1. The highest BCUT2D eigenvalue weighted by atomic mass is 32.1. The molecule has 0 radical (unpaired) electrons. The molecular formula is C12H12F2N2OS. The standard InChI is InChI=1S/C12H12F2N2OS/c1-4-7(13)9(8(14)5-2)12-16-10(6(3)17)11(15)18-12/h4-5,17H,1,3,15H2,2H3/b8-5+,9-7-. The van der Waals surface area contributed by atoms with Gasteiger partial charge in [0.05, 0.1) is 5.57 Å². The number of nitrogen functional groups attached to an aromatic ring is 1. The molecule has 1 aromatic heterocycles. The smallest absolute Gasteiger partial charge is 0.139 e. The SMILES string of the molecule is C=C/C(F)=C(\C(F)=C/C)c1nc(C(=C)O)c(N)s1. The van der Waals surface area contributed by atoms with Crippen molar-refractivity contribution in [3.05, 3.63) is 47.7 Å². The number of nitrogens with zero attached hydrogens (tertiary/aromatic N) is 1. The molecule has 1 heterocycles. The molecule has 0 aliphatic heterocycles. The topological polar surface area (TPSA) is 59.1 Å². The maximum absolute atomic E-state index is 13.6. The van der Waals surface area contributed by atoms with E-state index in [-0.39, 0.29) is 27.0 Å². The molecule has 0 aliphatic rings. The number of nitrogens with two attached hydrogens (primary N) is 1. The fourth-order valence-corrected chi connectivity index (χ4v) is 2.11. The van der Waals surface area contributed by atoms with Crippen molar-refractivity contribution in [3.63, 3.8) is 0 Å². The molecule has 0 bridgehead atoms. The van der Waals surface area contributed by atoms with E-state index in [4.69, 9.17) is 5.73 Å². The Balaban J connectivity index is 3.46. The minimum Gasteiger partial charge on any atom is -0.506 e. The quantitative estimate of drug-likeness (QED) is 0.642. The lowest BCUT2D eigenvalue weighted by Crippen LogP contribution is -1.91. The number of hydrogen-bond acceptors (Lipinski definition) is 4. The summed E-state index contributed by atoms with van der Waals surface area (Å²) in [5.41, 5.74) is 5.27. The van der Waals surface area contributed by atoms with Crippen molar-refractivity contribution in [1.82, 2.24) is 4.98 Å². The van der Waals surface area contributed by atoms with E-state index in [0.717, 1.165) is 23.5 Å². The van der Waals surface area contributed by atoms with Gasteiger partial charge in [0.2, 0.25) is 0 Å². The molecule has 18 heavy (non-hydrogen) atoms. The van der Waals surface area contributed by atoms with Crippen LogP contribution in [0.2, 0.25) is 0 Å². The van der Waals surface area contributed by atoms with Crippen LogP contribution in [0, 0.1) is 0 Å². The zero-order valence-corrected chi connectivity index (χ0v) is 10.5. The maximum atomic E-state index is 13.6. The summed E-state index contributed by atoms with van der Waals surface area (Å²) >= 11 is 0.858. The monoisotopic (exact) mass is 270 g/mol. The van der Waals surface area contributed by atoms with Crippen LogP contribution in [-0.2, 0) is 0 Å². The predicted octanol–water partition coefficient (Wildman–Crippen LogP) is 3.99. The Labute approximate surface area is 107 Å². The van der Waals surface area contributed by atoms with E-state index in [1.54, 1.807) is 0 Å². The second-order valence-corrected chi connectivity index (χ2v) is 4.27. The molecule has 1 aromatic rings. The third-order valence-electron chi connectivity index (χ3n) is 2.05. The zero-order valence-electron chi connectivity index (χ0n) is 9.70. The molecule has 0 spiro atoms. The number of aliphatic hydroxyl groups is 1. The molecular weight excluding hydrogens is 258 g/mol. The van der Waals surface area contributed by atoms with E-state index in [9.17, 15) is 13.9 Å². The summed E-state index contributed by atoms with van der Waals surface area (Å²) in [6.45, 7) is 7.94. The van der Waals surface area contributed by atoms with Gasteiger partial charge in [0, 0.05) is 0 Å². The Bertz CT molecular complexity index is 558. The van der Waals surface area contributed by atoms with Crippen LogP contribution in [0.15, 0.2) is 37.0 Å². The Morgan fingerprint density at radius 1 is 1.50 bits per heavy atom. The van der Waals surface area contributed by atoms with Crippen LogP contribution in [0.3, 0.4) is 0 Å². The van der Waals surface area contributed by atoms with Crippen molar-refractivity contribution >= 4 is 27.7 Å². The summed E-state index contributed by atoms with van der Waals surface area (Å²) in [4.78, 5) is 3.87. The second kappa shape index (κ2) is 5.59. The van der Waals surface area contributed by atoms with Crippen molar-refractivity contribution in [3.8, 4) is 0 Å². The number of allylic oxidation sites excluding steroid dienone is 5. The lowest BCUT2D eigenvalue weighted by molar-refractivity contribution is 0.511. The van der Waals surface area contributed by atoms with Crippen LogP contribution in [0.1, 0.15) is 17.6 Å². The largest absolute Gasteiger partial charge is 0.506 e. The Morgan fingerprint density at radius 3 is 2.50 bits per heavy atom. The van der Waals surface area contributed by atoms with Crippen molar-refractivity contribution in [2.45, 2.75) is 6.92 Å². The number of thiazole rings is 1. The minimum atomic E-state index is -0.852. The lowest BCUT2D eigenvalue weighted by atomic mass is 10.2. The van der Waals surface area contributed by atoms with Crippen molar-refractivity contribution in [1.29, 1.82) is 0 Å². The molecule has 0 saturated heterocycles. The van der Waals surface area contributed by atoms with Gasteiger partial charge in [-0.05, 0) is 13.0 Å². The first-order chi connectivity index (χ1) is 8.42. The van der Waals surface area contributed by atoms with Crippen LogP contribution in [0.5, 0.6) is 0 Å². The second-order valence-electron chi connectivity index (χ2n) is 3.24. The van der Waals surface area contributed by atoms with E-state index >= 15 is 0 Å². The van der Waals surface area contributed by atoms with E-state index in [1.165, 1.54) is 6.92 Å². The van der Waals surface area contributed by atoms with Crippen LogP contribution in [-0.4, -0.2) is 10.1 Å². The molecule has 0 saturated carbocycles. The molecule has 6 heteroatoms. The zero-order chi connectivity index (χ0) is 13.9. The molecule has 96 valence electrons. The van der Waals surface area contributed by atoms with E-state index in [0.29, 0.717) is 0 Å². The minimum absolute atomic E-state index is 0.0192. The molecule has 0 fully saturated rings. The third kappa shape index (κ3) is 2.65. The molecule has 0 atom stereocenters. The van der Waals surface area contributed by atoms with Gasteiger partial charge in [0.15, 0.2) is 0 Å². The molecule has 0 aliphatic carbocycles. The van der Waals surface area contributed by atoms with Crippen LogP contribution < -0.4 is 5.73 Å². The first kappa shape index (κ1) is 14.1. The van der Waals surface area contributed by atoms with Gasteiger partial charge >= 0.3 is 0 Å². The van der Waals surface area contributed by atoms with Gasteiger partial charge in [-0.3, -0.25) is 0 Å². The van der Waals surface area contributed by atoms with Gasteiger partial charge in [0.25, 0.3) is 0 Å². The normalized spacial score (nSPS) is 13.2. The van der Waals surface area contributed by atoms with Crippen molar-refractivity contribution in [2.24, 2.45) is 0 Å². The first-order valence-corrected chi connectivity index (χ1v) is 5.73. The fourth-order valence-electron chi connectivity index (χ4n) is 1.21. The van der Waals surface area contributed by atoms with Gasteiger partial charge in [-0.25, -0.2) is 13.8 Å². The molecule has 3 nitrogen and oxygen atoms in total. The highest BCUT2D eigenvalue weighted by Gasteiger charge is 2.19.